The summed E-state index contributed by atoms with van der Waals surface area (Å²) in [6, 6.07) is 7.20. The lowest BCUT2D eigenvalue weighted by molar-refractivity contribution is 0.158. The molecule has 0 fully saturated rings. The number of benzene rings is 1. The fourth-order valence-corrected chi connectivity index (χ4v) is 1.32. The molecule has 0 aliphatic heterocycles. The zero-order valence-electron chi connectivity index (χ0n) is 8.59. The van der Waals surface area contributed by atoms with E-state index >= 15 is 0 Å². The van der Waals surface area contributed by atoms with Gasteiger partial charge in [0.1, 0.15) is 0 Å². The molecule has 0 bridgehead atoms. The van der Waals surface area contributed by atoms with Crippen LogP contribution in [0.25, 0.3) is 0 Å². The van der Waals surface area contributed by atoms with Gasteiger partial charge in [0.15, 0.2) is 0 Å². The summed E-state index contributed by atoms with van der Waals surface area (Å²) >= 11 is 5.95. The molecule has 3 nitrogen and oxygen atoms in total. The largest absolute Gasteiger partial charge is 0.381 e. The highest BCUT2D eigenvalue weighted by Gasteiger charge is 2.00. The van der Waals surface area contributed by atoms with Crippen molar-refractivity contribution in [2.45, 2.75) is 6.92 Å². The molecule has 0 atom stereocenters. The van der Waals surface area contributed by atoms with Crippen molar-refractivity contribution >= 4 is 17.3 Å². The van der Waals surface area contributed by atoms with Crippen LogP contribution in [0.15, 0.2) is 18.2 Å². The number of nitrogens with one attached hydrogen (secondary N) is 1. The first-order chi connectivity index (χ1) is 7.27. The molecular formula is C11H13ClN2O. The Labute approximate surface area is 94.6 Å². The third kappa shape index (κ3) is 3.78. The molecule has 1 aromatic rings. The summed E-state index contributed by atoms with van der Waals surface area (Å²) in [5.41, 5.74) is 1.37. The second-order valence-corrected chi connectivity index (χ2v) is 3.34. The molecular weight excluding hydrogens is 212 g/mol. The van der Waals surface area contributed by atoms with Crippen molar-refractivity contribution in [2.24, 2.45) is 0 Å². The number of ether oxygens (including phenoxy) is 1. The van der Waals surface area contributed by atoms with E-state index in [0.717, 1.165) is 5.69 Å². The molecule has 15 heavy (non-hydrogen) atoms. The third-order valence-electron chi connectivity index (χ3n) is 1.86. The Morgan fingerprint density at radius 3 is 3.00 bits per heavy atom. The SMILES string of the molecule is CCOCCNc1cc(C#N)ccc1Cl. The van der Waals surface area contributed by atoms with Crippen LogP contribution in [0, 0.1) is 11.3 Å². The van der Waals surface area contributed by atoms with E-state index in [0.29, 0.717) is 30.3 Å². The van der Waals surface area contributed by atoms with Crippen LogP contribution >= 0.6 is 11.6 Å². The Hall–Kier alpha value is -1.24. The molecule has 0 heterocycles. The second-order valence-electron chi connectivity index (χ2n) is 2.93. The van der Waals surface area contributed by atoms with Gasteiger partial charge < -0.3 is 10.1 Å². The van der Waals surface area contributed by atoms with Gasteiger partial charge in [-0.3, -0.25) is 0 Å². The van der Waals surface area contributed by atoms with Crippen molar-refractivity contribution in [1.82, 2.24) is 0 Å². The van der Waals surface area contributed by atoms with Gasteiger partial charge in [-0.25, -0.2) is 0 Å². The lowest BCUT2D eigenvalue weighted by Crippen LogP contribution is -2.09. The van der Waals surface area contributed by atoms with Gasteiger partial charge in [-0.1, -0.05) is 11.6 Å². The number of nitrogens with zero attached hydrogens (tertiary/aromatic N) is 1. The Kier molecular flexibility index (Phi) is 4.96. The zero-order valence-corrected chi connectivity index (χ0v) is 9.34. The van der Waals surface area contributed by atoms with Crippen molar-refractivity contribution < 1.29 is 4.74 Å². The van der Waals surface area contributed by atoms with Gasteiger partial charge >= 0.3 is 0 Å². The molecule has 0 unspecified atom stereocenters. The van der Waals surface area contributed by atoms with Gasteiger partial charge in [0, 0.05) is 13.2 Å². The third-order valence-corrected chi connectivity index (χ3v) is 2.19. The average Bonchev–Trinajstić information content (AvgIpc) is 2.26. The summed E-state index contributed by atoms with van der Waals surface area (Å²) in [5.74, 6) is 0. The van der Waals surface area contributed by atoms with Crippen LogP contribution in [0.2, 0.25) is 5.02 Å². The highest BCUT2D eigenvalue weighted by Crippen LogP contribution is 2.22. The number of nitriles is 1. The van der Waals surface area contributed by atoms with Gasteiger partial charge in [-0.15, -0.1) is 0 Å². The first kappa shape index (κ1) is 11.8. The van der Waals surface area contributed by atoms with E-state index in [9.17, 15) is 0 Å². The summed E-state index contributed by atoms with van der Waals surface area (Å²) in [6.07, 6.45) is 0. The van der Waals surface area contributed by atoms with E-state index in [2.05, 4.69) is 11.4 Å². The lowest BCUT2D eigenvalue weighted by atomic mass is 10.2. The number of anilines is 1. The molecule has 0 saturated heterocycles. The fraction of sp³-hybridized carbons (Fsp3) is 0.364. The topological polar surface area (TPSA) is 45.0 Å². The van der Waals surface area contributed by atoms with Gasteiger partial charge in [0.25, 0.3) is 0 Å². The minimum absolute atomic E-state index is 0.596. The normalized spacial score (nSPS) is 9.67. The minimum atomic E-state index is 0.596. The van der Waals surface area contributed by atoms with Crippen molar-refractivity contribution in [3.63, 3.8) is 0 Å². The Bertz CT molecular complexity index is 360. The van der Waals surface area contributed by atoms with Crippen molar-refractivity contribution in [3.05, 3.63) is 28.8 Å². The highest BCUT2D eigenvalue weighted by atomic mass is 35.5. The predicted octanol–water partition coefficient (Wildman–Crippen LogP) is 2.66. The van der Waals surface area contributed by atoms with Crippen LogP contribution in [0.1, 0.15) is 12.5 Å². The average molecular weight is 225 g/mol. The first-order valence-electron chi connectivity index (χ1n) is 4.79. The molecule has 4 heteroatoms. The van der Waals surface area contributed by atoms with Crippen molar-refractivity contribution in [2.75, 3.05) is 25.1 Å². The van der Waals surface area contributed by atoms with Crippen molar-refractivity contribution in [3.8, 4) is 6.07 Å². The number of rotatable bonds is 5. The molecule has 0 aromatic heterocycles. The van der Waals surface area contributed by atoms with Gasteiger partial charge in [-0.05, 0) is 25.1 Å². The zero-order chi connectivity index (χ0) is 11.1. The quantitative estimate of drug-likeness (QED) is 0.783. The molecule has 80 valence electrons. The molecule has 0 spiro atoms. The molecule has 0 amide bonds. The molecule has 1 aromatic carbocycles. The maximum atomic E-state index is 8.72. The molecule has 1 N–H and O–H groups in total. The van der Waals surface area contributed by atoms with E-state index in [-0.39, 0.29) is 0 Å². The van der Waals surface area contributed by atoms with Crippen LogP contribution < -0.4 is 5.32 Å². The number of hydrogen-bond donors (Lipinski definition) is 1. The van der Waals surface area contributed by atoms with Gasteiger partial charge in [0.05, 0.1) is 28.9 Å². The maximum Gasteiger partial charge on any atom is 0.0992 e. The molecule has 0 saturated carbocycles. The van der Waals surface area contributed by atoms with Crippen LogP contribution in [-0.4, -0.2) is 19.8 Å². The molecule has 0 radical (unpaired) electrons. The minimum Gasteiger partial charge on any atom is -0.381 e. The summed E-state index contributed by atoms with van der Waals surface area (Å²) in [7, 11) is 0. The Morgan fingerprint density at radius 1 is 1.53 bits per heavy atom. The standard InChI is InChI=1S/C11H13ClN2O/c1-2-15-6-5-14-11-7-9(8-13)3-4-10(11)12/h3-4,7,14H,2,5-6H2,1H3. The van der Waals surface area contributed by atoms with E-state index < -0.39 is 0 Å². The van der Waals surface area contributed by atoms with E-state index in [1.54, 1.807) is 18.2 Å². The Balaban J connectivity index is 2.56. The lowest BCUT2D eigenvalue weighted by Gasteiger charge is -2.08. The smallest absolute Gasteiger partial charge is 0.0992 e. The molecule has 0 aliphatic carbocycles. The second kappa shape index (κ2) is 6.28. The number of hydrogen-bond acceptors (Lipinski definition) is 3. The highest BCUT2D eigenvalue weighted by molar-refractivity contribution is 6.33. The summed E-state index contributed by atoms with van der Waals surface area (Å²) in [6.45, 7) is 3.96. The first-order valence-corrected chi connectivity index (χ1v) is 5.17. The van der Waals surface area contributed by atoms with Crippen LogP contribution in [0.3, 0.4) is 0 Å². The predicted molar refractivity (Wildman–Crippen MR) is 61.1 cm³/mol. The van der Waals surface area contributed by atoms with E-state index in [1.807, 2.05) is 6.92 Å². The van der Waals surface area contributed by atoms with Crippen LogP contribution in [0.5, 0.6) is 0 Å². The monoisotopic (exact) mass is 224 g/mol. The molecule has 0 aliphatic rings. The van der Waals surface area contributed by atoms with Gasteiger partial charge in [0.2, 0.25) is 0 Å². The summed E-state index contributed by atoms with van der Waals surface area (Å²) in [4.78, 5) is 0. The number of halogens is 1. The van der Waals surface area contributed by atoms with E-state index in [4.69, 9.17) is 21.6 Å². The van der Waals surface area contributed by atoms with E-state index in [1.165, 1.54) is 0 Å². The van der Waals surface area contributed by atoms with Crippen LogP contribution in [0.4, 0.5) is 5.69 Å². The fourth-order valence-electron chi connectivity index (χ4n) is 1.13. The Morgan fingerprint density at radius 2 is 2.33 bits per heavy atom. The van der Waals surface area contributed by atoms with Gasteiger partial charge in [-0.2, -0.15) is 5.26 Å². The van der Waals surface area contributed by atoms with Crippen molar-refractivity contribution in [1.29, 1.82) is 5.26 Å². The summed E-state index contributed by atoms with van der Waals surface area (Å²) in [5, 5.41) is 12.4. The maximum absolute atomic E-state index is 8.72. The molecule has 1 rings (SSSR count). The van der Waals surface area contributed by atoms with Crippen LogP contribution in [-0.2, 0) is 4.74 Å². The summed E-state index contributed by atoms with van der Waals surface area (Å²) < 4.78 is 5.18.